The molecule has 1 aromatic heterocycles. The molecular weight excluding hydrogens is 408 g/mol. The fraction of sp³-hybridized carbons (Fsp3) is 0.333. The highest BCUT2D eigenvalue weighted by Crippen LogP contribution is 2.25. The van der Waals surface area contributed by atoms with E-state index in [1.165, 1.54) is 11.8 Å². The topological polar surface area (TPSA) is 50.6 Å². The Morgan fingerprint density at radius 3 is 2.39 bits per heavy atom. The van der Waals surface area contributed by atoms with Gasteiger partial charge in [0.1, 0.15) is 12.4 Å². The summed E-state index contributed by atoms with van der Waals surface area (Å²) in [5.74, 6) is 1.49. The van der Waals surface area contributed by atoms with Crippen LogP contribution in [0.5, 0.6) is 5.75 Å². The number of hydrogen-bond acceptors (Lipinski definition) is 5. The zero-order valence-electron chi connectivity index (χ0n) is 17.8. The first kappa shape index (κ1) is 21.5. The van der Waals surface area contributed by atoms with Gasteiger partial charge in [0.05, 0.1) is 17.6 Å². The van der Waals surface area contributed by atoms with Gasteiger partial charge in [0, 0.05) is 39.8 Å². The van der Waals surface area contributed by atoms with E-state index in [9.17, 15) is 4.79 Å². The molecule has 7 heteroatoms. The number of aromatic nitrogens is 2. The van der Waals surface area contributed by atoms with Crippen LogP contribution >= 0.6 is 11.8 Å². The highest BCUT2D eigenvalue weighted by molar-refractivity contribution is 7.99. The van der Waals surface area contributed by atoms with Crippen LogP contribution in [0.3, 0.4) is 0 Å². The van der Waals surface area contributed by atoms with Gasteiger partial charge in [-0.25, -0.2) is 4.98 Å². The fourth-order valence-electron chi connectivity index (χ4n) is 3.65. The average molecular weight is 437 g/mol. The van der Waals surface area contributed by atoms with E-state index in [1.807, 2.05) is 66.7 Å². The highest BCUT2D eigenvalue weighted by atomic mass is 32.2. The summed E-state index contributed by atoms with van der Waals surface area (Å²) in [6.45, 7) is 4.84. The van der Waals surface area contributed by atoms with Gasteiger partial charge in [0.25, 0.3) is 0 Å². The monoisotopic (exact) mass is 436 g/mol. The molecule has 3 aromatic rings. The Labute approximate surface area is 187 Å². The van der Waals surface area contributed by atoms with Gasteiger partial charge < -0.3 is 14.2 Å². The lowest BCUT2D eigenvalue weighted by Gasteiger charge is -2.34. The van der Waals surface area contributed by atoms with Crippen molar-refractivity contribution in [3.05, 3.63) is 66.9 Å². The van der Waals surface area contributed by atoms with E-state index in [1.54, 1.807) is 0 Å². The van der Waals surface area contributed by atoms with Gasteiger partial charge in [0.15, 0.2) is 5.16 Å². The number of thioether (sulfide) groups is 1. The van der Waals surface area contributed by atoms with Crippen molar-refractivity contribution in [3.8, 4) is 17.0 Å². The molecule has 0 aliphatic carbocycles. The molecule has 4 rings (SSSR count). The van der Waals surface area contributed by atoms with Crippen LogP contribution in [0.4, 0.5) is 0 Å². The van der Waals surface area contributed by atoms with Gasteiger partial charge >= 0.3 is 0 Å². The predicted molar refractivity (Wildman–Crippen MR) is 124 cm³/mol. The summed E-state index contributed by atoms with van der Waals surface area (Å²) >= 11 is 1.50. The summed E-state index contributed by atoms with van der Waals surface area (Å²) in [5.41, 5.74) is 2.19. The third-order valence-electron chi connectivity index (χ3n) is 5.48. The number of amides is 1. The first-order valence-electron chi connectivity index (χ1n) is 10.6. The van der Waals surface area contributed by atoms with E-state index < -0.39 is 0 Å². The highest BCUT2D eigenvalue weighted by Gasteiger charge is 2.21. The molecule has 162 valence electrons. The van der Waals surface area contributed by atoms with Crippen LogP contribution in [0, 0.1) is 0 Å². The van der Waals surface area contributed by atoms with E-state index in [2.05, 4.69) is 26.6 Å². The Balaban J connectivity index is 1.20. The smallest absolute Gasteiger partial charge is 0.233 e. The normalized spacial score (nSPS) is 14.5. The van der Waals surface area contributed by atoms with Crippen LogP contribution in [0.25, 0.3) is 11.3 Å². The molecule has 1 aliphatic rings. The lowest BCUT2D eigenvalue weighted by atomic mass is 10.2. The number of nitrogens with zero attached hydrogens (tertiary/aromatic N) is 4. The number of benzene rings is 2. The molecule has 0 saturated carbocycles. The molecule has 31 heavy (non-hydrogen) atoms. The number of para-hydroxylation sites is 1. The molecule has 0 atom stereocenters. The number of carbonyl (C=O) groups excluding carboxylic acids is 1. The van der Waals surface area contributed by atoms with Crippen molar-refractivity contribution < 1.29 is 9.53 Å². The minimum atomic E-state index is 0.175. The number of carbonyl (C=O) groups is 1. The molecule has 0 radical (unpaired) electrons. The third kappa shape index (κ3) is 5.68. The molecule has 0 unspecified atom stereocenters. The van der Waals surface area contributed by atoms with Crippen molar-refractivity contribution >= 4 is 17.7 Å². The Morgan fingerprint density at radius 2 is 1.68 bits per heavy atom. The molecule has 2 heterocycles. The Hall–Kier alpha value is -2.77. The van der Waals surface area contributed by atoms with Crippen LogP contribution in [0.1, 0.15) is 0 Å². The van der Waals surface area contributed by atoms with Gasteiger partial charge in [-0.05, 0) is 17.7 Å². The van der Waals surface area contributed by atoms with Crippen LogP contribution in [0.2, 0.25) is 0 Å². The second kappa shape index (κ2) is 10.5. The molecule has 0 N–H and O–H groups in total. The summed E-state index contributed by atoms with van der Waals surface area (Å²) in [6, 6.07) is 20.1. The van der Waals surface area contributed by atoms with Crippen molar-refractivity contribution in [3.63, 3.8) is 0 Å². The van der Waals surface area contributed by atoms with Gasteiger partial charge in [-0.2, -0.15) is 0 Å². The summed E-state index contributed by atoms with van der Waals surface area (Å²) in [5, 5.41) is 0.865. The Bertz CT molecular complexity index is 970. The Morgan fingerprint density at radius 1 is 1.00 bits per heavy atom. The fourth-order valence-corrected chi connectivity index (χ4v) is 4.51. The maximum Gasteiger partial charge on any atom is 0.233 e. The SMILES string of the molecule is Cn1c(-c2ccccc2)cnc1SCC(=O)N1CCN(CCOc2ccccc2)CC1. The maximum atomic E-state index is 12.7. The summed E-state index contributed by atoms with van der Waals surface area (Å²) < 4.78 is 7.83. The van der Waals surface area contributed by atoms with Gasteiger partial charge in [0.2, 0.25) is 5.91 Å². The quantitative estimate of drug-likeness (QED) is 0.507. The van der Waals surface area contributed by atoms with Crippen molar-refractivity contribution in [2.45, 2.75) is 5.16 Å². The van der Waals surface area contributed by atoms with Crippen molar-refractivity contribution in [1.29, 1.82) is 0 Å². The van der Waals surface area contributed by atoms with Crippen LogP contribution in [0.15, 0.2) is 72.0 Å². The molecular formula is C24H28N4O2S. The summed E-state index contributed by atoms with van der Waals surface area (Å²) in [6.07, 6.45) is 1.87. The minimum absolute atomic E-state index is 0.175. The number of ether oxygens (including phenoxy) is 1. The van der Waals surface area contributed by atoms with E-state index in [4.69, 9.17) is 4.74 Å². The van der Waals surface area contributed by atoms with Crippen molar-refractivity contribution in [2.75, 3.05) is 45.1 Å². The van der Waals surface area contributed by atoms with Crippen molar-refractivity contribution in [2.24, 2.45) is 7.05 Å². The summed E-state index contributed by atoms with van der Waals surface area (Å²) in [7, 11) is 2.00. The number of piperazine rings is 1. The van der Waals surface area contributed by atoms with E-state index in [0.717, 1.165) is 54.9 Å². The van der Waals surface area contributed by atoms with Crippen LogP contribution in [-0.2, 0) is 11.8 Å². The summed E-state index contributed by atoms with van der Waals surface area (Å²) in [4.78, 5) is 21.5. The molecule has 1 saturated heterocycles. The third-order valence-corrected chi connectivity index (χ3v) is 6.51. The zero-order chi connectivity index (χ0) is 21.5. The van der Waals surface area contributed by atoms with E-state index >= 15 is 0 Å². The molecule has 0 bridgehead atoms. The number of rotatable bonds is 8. The average Bonchev–Trinajstić information content (AvgIpc) is 3.19. The molecule has 0 spiro atoms. The number of hydrogen-bond donors (Lipinski definition) is 0. The first-order chi connectivity index (χ1) is 15.2. The first-order valence-corrected chi connectivity index (χ1v) is 11.6. The Kier molecular flexibility index (Phi) is 7.27. The second-order valence-electron chi connectivity index (χ2n) is 7.52. The molecule has 1 fully saturated rings. The largest absolute Gasteiger partial charge is 0.492 e. The van der Waals surface area contributed by atoms with Gasteiger partial charge in [-0.15, -0.1) is 0 Å². The second-order valence-corrected chi connectivity index (χ2v) is 8.47. The molecule has 1 aliphatic heterocycles. The maximum absolute atomic E-state index is 12.7. The van der Waals surface area contributed by atoms with Gasteiger partial charge in [-0.3, -0.25) is 9.69 Å². The lowest BCUT2D eigenvalue weighted by molar-refractivity contribution is -0.130. The van der Waals surface area contributed by atoms with E-state index in [0.29, 0.717) is 12.4 Å². The number of imidazole rings is 1. The minimum Gasteiger partial charge on any atom is -0.492 e. The van der Waals surface area contributed by atoms with Crippen LogP contribution < -0.4 is 4.74 Å². The molecule has 1 amide bonds. The standard InChI is InChI=1S/C24H28N4O2S/c1-26-22(20-8-4-2-5-9-20)18-25-24(26)31-19-23(29)28-14-12-27(13-15-28)16-17-30-21-10-6-3-7-11-21/h2-11,18H,12-17,19H2,1H3. The van der Waals surface area contributed by atoms with Crippen LogP contribution in [-0.4, -0.2) is 70.3 Å². The predicted octanol–water partition coefficient (Wildman–Crippen LogP) is 3.40. The zero-order valence-corrected chi connectivity index (χ0v) is 18.6. The van der Waals surface area contributed by atoms with Gasteiger partial charge in [-0.1, -0.05) is 60.3 Å². The van der Waals surface area contributed by atoms with Crippen molar-refractivity contribution in [1.82, 2.24) is 19.4 Å². The molecule has 2 aromatic carbocycles. The lowest BCUT2D eigenvalue weighted by Crippen LogP contribution is -2.50. The van der Waals surface area contributed by atoms with E-state index in [-0.39, 0.29) is 5.91 Å². The molecule has 6 nitrogen and oxygen atoms in total.